The molecule has 1 saturated carbocycles. The van der Waals surface area contributed by atoms with Gasteiger partial charge in [-0.15, -0.1) is 0 Å². The number of nitrogen functional groups attached to an aromatic ring is 1. The number of pyridine rings is 1. The lowest BCUT2D eigenvalue weighted by Gasteiger charge is -2.24. The lowest BCUT2D eigenvalue weighted by molar-refractivity contribution is 0.105. The Morgan fingerprint density at radius 3 is 2.28 bits per heavy atom. The van der Waals surface area contributed by atoms with Crippen molar-refractivity contribution in [1.82, 2.24) is 9.88 Å². The number of nitrogens with one attached hydrogen (secondary N) is 1. The third-order valence-corrected chi connectivity index (χ3v) is 8.20. The van der Waals surface area contributed by atoms with E-state index in [1.54, 1.807) is 0 Å². The number of hydrogen-bond acceptors (Lipinski definition) is 5. The fraction of sp³-hybridized carbons (Fsp3) is 0.270. The van der Waals surface area contributed by atoms with Crippen molar-refractivity contribution in [3.05, 3.63) is 142 Å². The maximum absolute atomic E-state index is 15.4. The van der Waals surface area contributed by atoms with Crippen LogP contribution in [0.3, 0.4) is 0 Å². The lowest BCUT2D eigenvalue weighted by Crippen LogP contribution is -2.36. The minimum absolute atomic E-state index is 0.00260. The summed E-state index contributed by atoms with van der Waals surface area (Å²) in [5.41, 5.74) is 5.74. The van der Waals surface area contributed by atoms with E-state index in [-0.39, 0.29) is 47.0 Å². The second-order valence-electron chi connectivity index (χ2n) is 11.5. The Labute approximate surface area is 271 Å². The highest BCUT2D eigenvalue weighted by molar-refractivity contribution is 5.83. The number of benzene rings is 3. The second-order valence-corrected chi connectivity index (χ2v) is 11.5. The number of anilines is 1. The number of ether oxygens (including phenoxy) is 2. The van der Waals surface area contributed by atoms with Crippen molar-refractivity contribution < 1.29 is 27.0 Å². The summed E-state index contributed by atoms with van der Waals surface area (Å²) in [6.45, 7) is 8.68. The van der Waals surface area contributed by atoms with Crippen molar-refractivity contribution in [1.29, 1.82) is 0 Å². The fourth-order valence-electron chi connectivity index (χ4n) is 5.75. The average Bonchev–Trinajstić information content (AvgIpc) is 3.55. The summed E-state index contributed by atoms with van der Waals surface area (Å²) in [4.78, 5) is 12.8. The van der Waals surface area contributed by atoms with Crippen molar-refractivity contribution >= 4 is 11.4 Å². The Hall–Kier alpha value is -4.83. The smallest absolute Gasteiger partial charge is 0.256 e. The molecule has 1 fully saturated rings. The number of rotatable bonds is 14. The van der Waals surface area contributed by atoms with E-state index in [9.17, 15) is 13.6 Å². The van der Waals surface area contributed by atoms with E-state index in [0.29, 0.717) is 35.8 Å². The summed E-state index contributed by atoms with van der Waals surface area (Å²) < 4.78 is 71.1. The van der Waals surface area contributed by atoms with E-state index in [4.69, 9.17) is 15.2 Å². The molecule has 1 aliphatic carbocycles. The average molecular weight is 648 g/mol. The molecule has 4 aromatic rings. The molecule has 0 amide bonds. The van der Waals surface area contributed by atoms with Gasteiger partial charge in [-0.2, -0.15) is 0 Å². The summed E-state index contributed by atoms with van der Waals surface area (Å²) in [7, 11) is 0. The minimum atomic E-state index is -1.09. The van der Waals surface area contributed by atoms with Gasteiger partial charge in [-0.25, -0.2) is 17.6 Å². The molecule has 3 N–H and O–H groups in total. The molecule has 1 heterocycles. The van der Waals surface area contributed by atoms with Crippen LogP contribution in [0.2, 0.25) is 0 Å². The first-order chi connectivity index (χ1) is 22.6. The zero-order valence-electron chi connectivity index (χ0n) is 25.9. The molecule has 0 aliphatic heterocycles. The molecule has 246 valence electrons. The van der Waals surface area contributed by atoms with Gasteiger partial charge in [0.25, 0.3) is 5.56 Å². The van der Waals surface area contributed by atoms with Gasteiger partial charge in [-0.05, 0) is 74.4 Å². The molecule has 0 radical (unpaired) electrons. The monoisotopic (exact) mass is 647 g/mol. The Kier molecular flexibility index (Phi) is 10.8. The molecule has 3 aromatic carbocycles. The number of hydrogen-bond donors (Lipinski definition) is 2. The molecule has 6 nitrogen and oxygen atoms in total. The van der Waals surface area contributed by atoms with Crippen LogP contribution in [0.25, 0.3) is 11.3 Å². The quantitative estimate of drug-likeness (QED) is 0.0843. The lowest BCUT2D eigenvalue weighted by atomic mass is 9.99. The SMILES string of the molecule is C=C(c1ccc(F)cc1F)c1ccc(=O)n(-c2c(F)cc(OCCCN[C@@H](Cc3ccccc3)C(=C)OC3CCCC3)cc2F)c1N. The molecule has 0 spiro atoms. The van der Waals surface area contributed by atoms with Crippen molar-refractivity contribution in [2.45, 2.75) is 50.7 Å². The van der Waals surface area contributed by atoms with Crippen LogP contribution < -0.4 is 21.3 Å². The van der Waals surface area contributed by atoms with Gasteiger partial charge in [-0.3, -0.25) is 9.36 Å². The Morgan fingerprint density at radius 2 is 1.60 bits per heavy atom. The van der Waals surface area contributed by atoms with Crippen LogP contribution in [0, 0.1) is 23.3 Å². The Morgan fingerprint density at radius 1 is 0.915 bits per heavy atom. The predicted octanol–water partition coefficient (Wildman–Crippen LogP) is 7.48. The molecule has 0 saturated heterocycles. The predicted molar refractivity (Wildman–Crippen MR) is 175 cm³/mol. The van der Waals surface area contributed by atoms with E-state index in [1.807, 2.05) is 30.3 Å². The number of nitrogens with zero attached hydrogens (tertiary/aromatic N) is 1. The third-order valence-electron chi connectivity index (χ3n) is 8.20. The first kappa shape index (κ1) is 33.5. The van der Waals surface area contributed by atoms with Crippen LogP contribution >= 0.6 is 0 Å². The highest BCUT2D eigenvalue weighted by Gasteiger charge is 2.23. The molecule has 1 aliphatic rings. The van der Waals surface area contributed by atoms with E-state index >= 15 is 8.78 Å². The highest BCUT2D eigenvalue weighted by atomic mass is 19.1. The van der Waals surface area contributed by atoms with Crippen molar-refractivity contribution in [3.63, 3.8) is 0 Å². The third kappa shape index (κ3) is 8.13. The maximum Gasteiger partial charge on any atom is 0.256 e. The Bertz CT molecular complexity index is 1780. The van der Waals surface area contributed by atoms with Crippen LogP contribution in [-0.2, 0) is 11.2 Å². The number of aromatic nitrogens is 1. The zero-order valence-corrected chi connectivity index (χ0v) is 25.9. The summed E-state index contributed by atoms with van der Waals surface area (Å²) in [5, 5.41) is 3.47. The Balaban J connectivity index is 1.24. The van der Waals surface area contributed by atoms with Gasteiger partial charge in [0.2, 0.25) is 0 Å². The standard InChI is InChI=1S/C37H37F4N3O3/c1-23(29-14-13-26(38)20-31(29)39)30-15-16-35(45)44(37(30)42)36-32(40)21-28(22-33(36)41)46-18-8-17-43-34(19-25-9-4-3-5-10-25)24(2)47-27-11-6-7-12-27/h3-5,9-10,13-16,20-22,27,34,43H,1-2,6-8,11-12,17-19,42H2/t34-/m0/s1. The summed E-state index contributed by atoms with van der Waals surface area (Å²) in [6.07, 6.45) is 5.75. The van der Waals surface area contributed by atoms with Crippen molar-refractivity contribution in [2.24, 2.45) is 0 Å². The topological polar surface area (TPSA) is 78.5 Å². The molecule has 5 rings (SSSR count). The van der Waals surface area contributed by atoms with Crippen LogP contribution in [0.1, 0.15) is 48.8 Å². The van der Waals surface area contributed by atoms with Crippen LogP contribution in [0.15, 0.2) is 96.5 Å². The normalized spacial score (nSPS) is 13.8. The summed E-state index contributed by atoms with van der Waals surface area (Å²) >= 11 is 0. The van der Waals surface area contributed by atoms with Crippen LogP contribution in [0.5, 0.6) is 5.75 Å². The van der Waals surface area contributed by atoms with Crippen molar-refractivity contribution in [2.75, 3.05) is 18.9 Å². The first-order valence-corrected chi connectivity index (χ1v) is 15.5. The molecule has 1 aromatic heterocycles. The van der Waals surface area contributed by atoms with Gasteiger partial charge in [0.15, 0.2) is 11.6 Å². The molecule has 1 atom stereocenters. The van der Waals surface area contributed by atoms with Gasteiger partial charge in [0, 0.05) is 35.4 Å². The molecule has 0 bridgehead atoms. The number of halogens is 4. The minimum Gasteiger partial charge on any atom is -0.494 e. The van der Waals surface area contributed by atoms with Gasteiger partial charge >= 0.3 is 0 Å². The van der Waals surface area contributed by atoms with Crippen molar-refractivity contribution in [3.8, 4) is 11.4 Å². The molecular formula is C37H37F4N3O3. The van der Waals surface area contributed by atoms with Gasteiger partial charge < -0.3 is 20.5 Å². The van der Waals surface area contributed by atoms with Gasteiger partial charge in [0.1, 0.15) is 34.6 Å². The van der Waals surface area contributed by atoms with Gasteiger partial charge in [0.05, 0.1) is 18.8 Å². The van der Waals surface area contributed by atoms with E-state index in [0.717, 1.165) is 61.6 Å². The molecule has 10 heteroatoms. The molecular weight excluding hydrogens is 610 g/mol. The zero-order chi connectivity index (χ0) is 33.5. The largest absolute Gasteiger partial charge is 0.494 e. The molecule has 47 heavy (non-hydrogen) atoms. The highest BCUT2D eigenvalue weighted by Crippen LogP contribution is 2.31. The summed E-state index contributed by atoms with van der Waals surface area (Å²) in [5.74, 6) is -3.63. The summed E-state index contributed by atoms with van der Waals surface area (Å²) in [6, 6.07) is 17.0. The molecule has 0 unspecified atom stereocenters. The van der Waals surface area contributed by atoms with E-state index in [2.05, 4.69) is 18.5 Å². The van der Waals surface area contributed by atoms with Crippen LogP contribution in [0.4, 0.5) is 23.4 Å². The fourth-order valence-corrected chi connectivity index (χ4v) is 5.75. The van der Waals surface area contributed by atoms with E-state index < -0.39 is 34.5 Å². The van der Waals surface area contributed by atoms with Crippen LogP contribution in [-0.4, -0.2) is 29.9 Å². The first-order valence-electron chi connectivity index (χ1n) is 15.5. The van der Waals surface area contributed by atoms with Gasteiger partial charge in [-0.1, -0.05) is 43.5 Å². The van der Waals surface area contributed by atoms with E-state index in [1.165, 1.54) is 6.07 Å². The second kappa shape index (κ2) is 15.2. The maximum atomic E-state index is 15.4. The number of nitrogens with two attached hydrogens (primary N) is 1.